The van der Waals surface area contributed by atoms with Gasteiger partial charge in [0.2, 0.25) is 0 Å². The van der Waals surface area contributed by atoms with Crippen molar-refractivity contribution in [1.29, 1.82) is 0 Å². The quantitative estimate of drug-likeness (QED) is 0.708. The first kappa shape index (κ1) is 10.6. The van der Waals surface area contributed by atoms with Gasteiger partial charge in [-0.1, -0.05) is 23.2 Å². The maximum Gasteiger partial charge on any atom is 0.141 e. The number of aryl methyl sites for hydroxylation is 1. The number of hydrogen-bond acceptors (Lipinski definition) is 2. The van der Waals surface area contributed by atoms with Gasteiger partial charge in [-0.25, -0.2) is 4.98 Å². The number of hydrogen-bond donors (Lipinski definition) is 2. The Morgan fingerprint density at radius 3 is 2.65 bits per heavy atom. The van der Waals surface area contributed by atoms with Crippen LogP contribution in [0.2, 0.25) is 10.0 Å². The van der Waals surface area contributed by atoms with Gasteiger partial charge in [-0.15, -0.1) is 0 Å². The third-order valence-electron chi connectivity index (χ3n) is 2.61. The number of fused-ring (bicyclic) bond motifs is 1. The molecule has 0 saturated carbocycles. The lowest BCUT2D eigenvalue weighted by Crippen LogP contribution is -1.80. The molecule has 0 atom stereocenters. The van der Waals surface area contributed by atoms with E-state index in [1.807, 2.05) is 6.92 Å². The number of nitrogens with zero attached hydrogens (tertiary/aromatic N) is 2. The average Bonchev–Trinajstić information content (AvgIpc) is 2.85. The molecular weight excluding hydrogens is 259 g/mol. The second kappa shape index (κ2) is 3.75. The molecule has 0 unspecified atom stereocenters. The first-order valence-corrected chi connectivity index (χ1v) is 5.76. The molecule has 0 saturated heterocycles. The zero-order chi connectivity index (χ0) is 12.0. The monoisotopic (exact) mass is 266 g/mol. The molecule has 3 rings (SSSR count). The fourth-order valence-corrected chi connectivity index (χ4v) is 2.04. The molecule has 0 bridgehead atoms. The molecule has 2 N–H and O–H groups in total. The van der Waals surface area contributed by atoms with Crippen LogP contribution in [0.15, 0.2) is 18.3 Å². The minimum atomic E-state index is 0.501. The van der Waals surface area contributed by atoms with Crippen LogP contribution < -0.4 is 0 Å². The van der Waals surface area contributed by atoms with Crippen LogP contribution in [0.5, 0.6) is 0 Å². The summed E-state index contributed by atoms with van der Waals surface area (Å²) in [6, 6.07) is 3.51. The summed E-state index contributed by atoms with van der Waals surface area (Å²) in [7, 11) is 0. The topological polar surface area (TPSA) is 57.4 Å². The smallest absolute Gasteiger partial charge is 0.141 e. The number of benzene rings is 1. The normalized spacial score (nSPS) is 11.2. The molecule has 0 spiro atoms. The molecule has 86 valence electrons. The van der Waals surface area contributed by atoms with Gasteiger partial charge in [0.05, 0.1) is 32.8 Å². The molecule has 3 aromatic rings. The Kier molecular flexibility index (Phi) is 2.34. The number of aromatic nitrogens is 4. The lowest BCUT2D eigenvalue weighted by Gasteiger charge is -1.93. The molecule has 17 heavy (non-hydrogen) atoms. The Hall–Kier alpha value is -1.52. The number of nitrogens with one attached hydrogen (secondary N) is 2. The molecule has 0 aliphatic heterocycles. The van der Waals surface area contributed by atoms with Crippen molar-refractivity contribution in [3.8, 4) is 11.4 Å². The summed E-state index contributed by atoms with van der Waals surface area (Å²) >= 11 is 11.9. The fraction of sp³-hybridized carbons (Fsp3) is 0.0909. The third kappa shape index (κ3) is 1.69. The summed E-state index contributed by atoms with van der Waals surface area (Å²) in [5.41, 5.74) is 3.54. The highest BCUT2D eigenvalue weighted by molar-refractivity contribution is 6.42. The molecule has 4 nitrogen and oxygen atoms in total. The van der Waals surface area contributed by atoms with E-state index in [0.717, 1.165) is 28.1 Å². The van der Waals surface area contributed by atoms with Gasteiger partial charge in [0.15, 0.2) is 0 Å². The molecule has 0 amide bonds. The second-order valence-electron chi connectivity index (χ2n) is 3.78. The summed E-state index contributed by atoms with van der Waals surface area (Å²) in [5.74, 6) is 0.754. The van der Waals surface area contributed by atoms with Crippen molar-refractivity contribution in [1.82, 2.24) is 20.2 Å². The number of imidazole rings is 1. The first-order valence-electron chi connectivity index (χ1n) is 5.00. The Balaban J connectivity index is 2.24. The summed E-state index contributed by atoms with van der Waals surface area (Å²) in [6.07, 6.45) is 1.73. The fourth-order valence-electron chi connectivity index (χ4n) is 1.72. The van der Waals surface area contributed by atoms with Crippen LogP contribution in [0.4, 0.5) is 0 Å². The standard InChI is InChI=1S/C11H8Cl2N4/c1-5-6(4-14-17-5)11-15-9-2-7(12)8(13)3-10(9)16-11/h2-4H,1H3,(H,14,17)(H,15,16). The number of aromatic amines is 2. The summed E-state index contributed by atoms with van der Waals surface area (Å²) < 4.78 is 0. The zero-order valence-corrected chi connectivity index (χ0v) is 10.4. The summed E-state index contributed by atoms with van der Waals surface area (Å²) in [6.45, 7) is 1.94. The Bertz CT molecular complexity index is 660. The molecule has 0 aliphatic rings. The van der Waals surface area contributed by atoms with E-state index in [9.17, 15) is 0 Å². The van der Waals surface area contributed by atoms with Crippen molar-refractivity contribution >= 4 is 34.2 Å². The van der Waals surface area contributed by atoms with Gasteiger partial charge < -0.3 is 4.98 Å². The van der Waals surface area contributed by atoms with Crippen LogP contribution in [0.1, 0.15) is 5.69 Å². The van der Waals surface area contributed by atoms with Crippen molar-refractivity contribution in [2.45, 2.75) is 6.92 Å². The predicted octanol–water partition coefficient (Wildman–Crippen LogP) is 3.57. The van der Waals surface area contributed by atoms with Gasteiger partial charge in [0, 0.05) is 5.69 Å². The molecule has 2 aromatic heterocycles. The van der Waals surface area contributed by atoms with E-state index in [0.29, 0.717) is 10.0 Å². The molecule has 2 heterocycles. The van der Waals surface area contributed by atoms with Crippen LogP contribution in [0.25, 0.3) is 22.4 Å². The highest BCUT2D eigenvalue weighted by Gasteiger charge is 2.10. The Morgan fingerprint density at radius 1 is 1.18 bits per heavy atom. The van der Waals surface area contributed by atoms with E-state index < -0.39 is 0 Å². The largest absolute Gasteiger partial charge is 0.338 e. The minimum absolute atomic E-state index is 0.501. The third-order valence-corrected chi connectivity index (χ3v) is 3.33. The second-order valence-corrected chi connectivity index (χ2v) is 4.59. The van der Waals surface area contributed by atoms with Crippen molar-refractivity contribution in [3.63, 3.8) is 0 Å². The molecule has 1 aromatic carbocycles. The van der Waals surface area contributed by atoms with Crippen molar-refractivity contribution in [2.75, 3.05) is 0 Å². The van der Waals surface area contributed by atoms with E-state index in [4.69, 9.17) is 23.2 Å². The summed E-state index contributed by atoms with van der Waals surface area (Å²) in [5, 5.41) is 7.85. The van der Waals surface area contributed by atoms with Crippen LogP contribution in [0.3, 0.4) is 0 Å². The molecule has 6 heteroatoms. The lowest BCUT2D eigenvalue weighted by molar-refractivity contribution is 1.05. The van der Waals surface area contributed by atoms with Crippen LogP contribution in [0, 0.1) is 6.92 Å². The zero-order valence-electron chi connectivity index (χ0n) is 8.88. The van der Waals surface area contributed by atoms with Gasteiger partial charge in [-0.05, 0) is 19.1 Å². The first-order chi connectivity index (χ1) is 8.15. The van der Waals surface area contributed by atoms with Gasteiger partial charge >= 0.3 is 0 Å². The lowest BCUT2D eigenvalue weighted by atomic mass is 10.2. The van der Waals surface area contributed by atoms with Crippen LogP contribution >= 0.6 is 23.2 Å². The highest BCUT2D eigenvalue weighted by Crippen LogP contribution is 2.29. The minimum Gasteiger partial charge on any atom is -0.338 e. The maximum atomic E-state index is 5.95. The molecule has 0 aliphatic carbocycles. The maximum absolute atomic E-state index is 5.95. The summed E-state index contributed by atoms with van der Waals surface area (Å²) in [4.78, 5) is 7.65. The van der Waals surface area contributed by atoms with Gasteiger partial charge in [0.1, 0.15) is 5.82 Å². The van der Waals surface area contributed by atoms with Gasteiger partial charge in [-0.2, -0.15) is 5.10 Å². The predicted molar refractivity (Wildman–Crippen MR) is 68.4 cm³/mol. The highest BCUT2D eigenvalue weighted by atomic mass is 35.5. The van der Waals surface area contributed by atoms with Crippen LogP contribution in [-0.4, -0.2) is 20.2 Å². The van der Waals surface area contributed by atoms with E-state index >= 15 is 0 Å². The number of rotatable bonds is 1. The van der Waals surface area contributed by atoms with E-state index in [-0.39, 0.29) is 0 Å². The van der Waals surface area contributed by atoms with E-state index in [2.05, 4.69) is 20.2 Å². The van der Waals surface area contributed by atoms with Gasteiger partial charge in [-0.3, -0.25) is 5.10 Å². The molecule has 0 radical (unpaired) electrons. The SMILES string of the molecule is Cc1[nH]ncc1-c1nc2cc(Cl)c(Cl)cc2[nH]1. The molecular formula is C11H8Cl2N4. The van der Waals surface area contributed by atoms with Crippen molar-refractivity contribution in [2.24, 2.45) is 0 Å². The Morgan fingerprint density at radius 2 is 1.94 bits per heavy atom. The van der Waals surface area contributed by atoms with Crippen molar-refractivity contribution < 1.29 is 0 Å². The number of halogens is 2. The van der Waals surface area contributed by atoms with Crippen molar-refractivity contribution in [3.05, 3.63) is 34.1 Å². The van der Waals surface area contributed by atoms with E-state index in [1.165, 1.54) is 0 Å². The van der Waals surface area contributed by atoms with Gasteiger partial charge in [0.25, 0.3) is 0 Å². The average molecular weight is 267 g/mol. The Labute approximate surface area is 107 Å². The van der Waals surface area contributed by atoms with E-state index in [1.54, 1.807) is 18.3 Å². The number of H-pyrrole nitrogens is 2. The molecule has 0 fully saturated rings. The van der Waals surface area contributed by atoms with Crippen LogP contribution in [-0.2, 0) is 0 Å².